The Morgan fingerprint density at radius 2 is 1.36 bits per heavy atom. The van der Waals surface area contributed by atoms with Crippen LogP contribution in [-0.2, 0) is 38.3 Å². The Labute approximate surface area is 339 Å². The monoisotopic (exact) mass is 789 g/mol. The number of amides is 4. The molecule has 0 radical (unpaired) electrons. The van der Waals surface area contributed by atoms with Gasteiger partial charge in [0.2, 0.25) is 11.8 Å². The first-order valence-corrected chi connectivity index (χ1v) is 20.9. The molecule has 4 heterocycles. The van der Waals surface area contributed by atoms with Crippen LogP contribution in [0, 0.1) is 11.8 Å². The van der Waals surface area contributed by atoms with Crippen LogP contribution in [0.25, 0.3) is 33.6 Å². The number of H-pyrrole nitrogens is 2. The van der Waals surface area contributed by atoms with E-state index in [1.54, 1.807) is 0 Å². The molecule has 4 aromatic rings. The number of alkyl carbamates (subject to hydrolysis) is 2. The van der Waals surface area contributed by atoms with Crippen molar-refractivity contribution in [2.24, 2.45) is 11.8 Å². The molecule has 13 nitrogen and oxygen atoms in total. The fourth-order valence-electron chi connectivity index (χ4n) is 9.34. The van der Waals surface area contributed by atoms with Crippen molar-refractivity contribution in [2.45, 2.75) is 102 Å². The molecule has 13 heteroatoms. The first-order chi connectivity index (χ1) is 28.1. The number of methoxy groups -OCH3 is 2. The molecule has 2 aromatic heterocycles. The minimum Gasteiger partial charge on any atom is -0.453 e. The summed E-state index contributed by atoms with van der Waals surface area (Å²) < 4.78 is 9.61. The van der Waals surface area contributed by atoms with Crippen molar-refractivity contribution in [1.82, 2.24) is 35.4 Å². The molecule has 4 N–H and O–H groups in total. The number of aromatic amines is 2. The Kier molecular flexibility index (Phi) is 11.3. The number of imidazole rings is 1. The maximum atomic E-state index is 13.7. The van der Waals surface area contributed by atoms with Gasteiger partial charge in [-0.15, -0.1) is 0 Å². The summed E-state index contributed by atoms with van der Waals surface area (Å²) in [5.41, 5.74) is 10.5. The van der Waals surface area contributed by atoms with Gasteiger partial charge in [0.15, 0.2) is 0 Å². The first-order valence-electron chi connectivity index (χ1n) is 20.9. The molecular formula is C45H55N7O6. The lowest BCUT2D eigenvalue weighted by molar-refractivity contribution is -0.135. The van der Waals surface area contributed by atoms with Crippen LogP contribution >= 0.6 is 0 Å². The fourth-order valence-corrected chi connectivity index (χ4v) is 9.34. The molecule has 2 saturated heterocycles. The van der Waals surface area contributed by atoms with E-state index < -0.39 is 24.3 Å². The first kappa shape index (κ1) is 39.2. The normalized spacial score (nSPS) is 19.9. The Bertz CT molecular complexity index is 2140. The predicted octanol–water partition coefficient (Wildman–Crippen LogP) is 6.94. The third kappa shape index (κ3) is 7.95. The summed E-state index contributed by atoms with van der Waals surface area (Å²) in [5.74, 6) is 0.744. The van der Waals surface area contributed by atoms with Gasteiger partial charge in [0.05, 0.1) is 32.2 Å². The van der Waals surface area contributed by atoms with Crippen molar-refractivity contribution in [3.8, 4) is 33.6 Å². The molecule has 0 spiro atoms. The Morgan fingerprint density at radius 1 is 0.741 bits per heavy atom. The zero-order valence-corrected chi connectivity index (χ0v) is 33.9. The minimum atomic E-state index is -0.623. The van der Waals surface area contributed by atoms with E-state index in [1.807, 2.05) is 29.8 Å². The van der Waals surface area contributed by atoms with E-state index in [2.05, 4.69) is 69.1 Å². The molecule has 0 bridgehead atoms. The van der Waals surface area contributed by atoms with Gasteiger partial charge in [-0.3, -0.25) is 9.59 Å². The second-order valence-corrected chi connectivity index (χ2v) is 16.7. The van der Waals surface area contributed by atoms with Gasteiger partial charge in [0.25, 0.3) is 0 Å². The maximum Gasteiger partial charge on any atom is 0.407 e. The second kappa shape index (κ2) is 16.7. The highest BCUT2D eigenvalue weighted by molar-refractivity contribution is 5.87. The fraction of sp³-hybridized carbons (Fsp3) is 0.489. The van der Waals surface area contributed by atoms with Gasteiger partial charge in [-0.1, -0.05) is 62.4 Å². The molecule has 1 unspecified atom stereocenters. The van der Waals surface area contributed by atoms with Crippen molar-refractivity contribution in [3.63, 3.8) is 0 Å². The summed E-state index contributed by atoms with van der Waals surface area (Å²) in [4.78, 5) is 67.2. The summed E-state index contributed by atoms with van der Waals surface area (Å²) in [6.45, 7) is 5.21. The Hall–Kier alpha value is -5.59. The molecule has 8 rings (SSSR count). The standard InChI is InChI=1S/C45H55N7O6/c1-26(2)38(49-44(55)57-3)42(53)51-22-6-8-32(51)24-35-33-9-5-10-34(33)39(47-35)30-18-14-28(15-19-30)27-12-16-29(17-13-27)36-25-46-41(48-36)37-11-7-23-52(37)43(54)40(31-20-21-31)50-45(56)58-4/h12-19,25-26,31-32,37-38,40,47H,5-11,20-24H2,1-4H3,(H,46,48)(H,49,55)(H,50,56)/t32-,37-,38?,40-/m0/s1. The van der Waals surface area contributed by atoms with Crippen LogP contribution in [0.4, 0.5) is 9.59 Å². The lowest BCUT2D eigenvalue weighted by Crippen LogP contribution is -2.52. The number of nitrogens with zero attached hydrogens (tertiary/aromatic N) is 3. The minimum absolute atomic E-state index is 0.0393. The van der Waals surface area contributed by atoms with E-state index in [4.69, 9.17) is 14.5 Å². The van der Waals surface area contributed by atoms with Crippen LogP contribution in [0.3, 0.4) is 0 Å². The Balaban J connectivity index is 0.936. The number of aromatic nitrogens is 3. The summed E-state index contributed by atoms with van der Waals surface area (Å²) in [5, 5.41) is 5.53. The lowest BCUT2D eigenvalue weighted by Gasteiger charge is -2.31. The van der Waals surface area contributed by atoms with Crippen LogP contribution in [0.2, 0.25) is 0 Å². The third-order valence-corrected chi connectivity index (χ3v) is 12.6. The molecule has 3 fully saturated rings. The van der Waals surface area contributed by atoms with E-state index in [1.165, 1.54) is 36.7 Å². The number of ether oxygens (including phenoxy) is 2. The number of fused-ring (bicyclic) bond motifs is 1. The van der Waals surface area contributed by atoms with E-state index in [0.29, 0.717) is 13.1 Å². The number of carbonyl (C=O) groups is 4. The molecule has 4 amide bonds. The van der Waals surface area contributed by atoms with E-state index >= 15 is 0 Å². The Morgan fingerprint density at radius 3 is 2.03 bits per heavy atom. The van der Waals surface area contributed by atoms with Crippen molar-refractivity contribution >= 4 is 24.0 Å². The van der Waals surface area contributed by atoms with Crippen LogP contribution in [0.5, 0.6) is 0 Å². The van der Waals surface area contributed by atoms with Crippen molar-refractivity contribution in [1.29, 1.82) is 0 Å². The molecule has 306 valence electrons. The summed E-state index contributed by atoms with van der Waals surface area (Å²) in [6, 6.07) is 15.9. The zero-order valence-electron chi connectivity index (χ0n) is 33.9. The molecule has 2 aromatic carbocycles. The molecule has 58 heavy (non-hydrogen) atoms. The maximum absolute atomic E-state index is 13.7. The van der Waals surface area contributed by atoms with Crippen molar-refractivity contribution in [2.75, 3.05) is 27.3 Å². The summed E-state index contributed by atoms with van der Waals surface area (Å²) >= 11 is 0. The van der Waals surface area contributed by atoms with Gasteiger partial charge in [-0.25, -0.2) is 14.6 Å². The number of carbonyl (C=O) groups excluding carboxylic acids is 4. The van der Waals surface area contributed by atoms with Crippen LogP contribution < -0.4 is 10.6 Å². The number of hydrogen-bond donors (Lipinski definition) is 4. The topological polar surface area (TPSA) is 162 Å². The molecule has 4 atom stereocenters. The molecule has 1 saturated carbocycles. The van der Waals surface area contributed by atoms with Crippen LogP contribution in [0.15, 0.2) is 54.7 Å². The van der Waals surface area contributed by atoms with Crippen molar-refractivity contribution in [3.05, 3.63) is 77.4 Å². The van der Waals surface area contributed by atoms with E-state index in [-0.39, 0.29) is 35.7 Å². The highest BCUT2D eigenvalue weighted by atomic mass is 16.5. The highest BCUT2D eigenvalue weighted by Crippen LogP contribution is 2.39. The number of rotatable bonds is 12. The number of likely N-dealkylation sites (tertiary alicyclic amines) is 2. The molecule has 2 aliphatic carbocycles. The number of nitrogens with one attached hydrogen (secondary N) is 4. The third-order valence-electron chi connectivity index (χ3n) is 12.6. The molecule has 2 aliphatic heterocycles. The van der Waals surface area contributed by atoms with Gasteiger partial charge in [0.1, 0.15) is 17.9 Å². The lowest BCUT2D eigenvalue weighted by atomic mass is 9.99. The predicted molar refractivity (Wildman–Crippen MR) is 220 cm³/mol. The van der Waals surface area contributed by atoms with E-state index in [0.717, 1.165) is 98.0 Å². The van der Waals surface area contributed by atoms with E-state index in [9.17, 15) is 19.2 Å². The van der Waals surface area contributed by atoms with Crippen molar-refractivity contribution < 1.29 is 28.7 Å². The summed E-state index contributed by atoms with van der Waals surface area (Å²) in [6.07, 6.45) is 10.1. The number of benzene rings is 2. The SMILES string of the molecule is COC(=O)NC(C(=O)N1CCC[C@H]1Cc1[nH]c(-c2ccc(-c3ccc(-c4cnc([C@@H]5CCCN5C(=O)[C@@H](NC(=O)OC)C5CC5)[nH]4)cc3)cc2)c2c1CCC2)C(C)C. The van der Waals surface area contributed by atoms with Crippen LogP contribution in [-0.4, -0.2) is 94.2 Å². The molecule has 4 aliphatic rings. The van der Waals surface area contributed by atoms with Gasteiger partial charge < -0.3 is 39.9 Å². The van der Waals surface area contributed by atoms with Crippen LogP contribution in [0.1, 0.15) is 87.5 Å². The largest absolute Gasteiger partial charge is 0.453 e. The number of hydrogen-bond acceptors (Lipinski definition) is 7. The average molecular weight is 790 g/mol. The summed E-state index contributed by atoms with van der Waals surface area (Å²) in [7, 11) is 2.64. The zero-order chi connectivity index (χ0) is 40.5. The second-order valence-electron chi connectivity index (χ2n) is 16.7. The van der Waals surface area contributed by atoms with Gasteiger partial charge in [-0.2, -0.15) is 0 Å². The van der Waals surface area contributed by atoms with Gasteiger partial charge in [0, 0.05) is 36.9 Å². The molecular weight excluding hydrogens is 735 g/mol. The quantitative estimate of drug-likeness (QED) is 0.121. The highest BCUT2D eigenvalue weighted by Gasteiger charge is 2.43. The smallest absolute Gasteiger partial charge is 0.407 e. The van der Waals surface area contributed by atoms with Gasteiger partial charge in [-0.05, 0) is 103 Å². The van der Waals surface area contributed by atoms with Gasteiger partial charge >= 0.3 is 12.2 Å². The average Bonchev–Trinajstić information content (AvgIpc) is 3.79.